The smallest absolute Gasteiger partial charge is 0.308 e. The van der Waals surface area contributed by atoms with E-state index in [2.05, 4.69) is 12.1 Å². The summed E-state index contributed by atoms with van der Waals surface area (Å²) in [6.45, 7) is 0. The van der Waals surface area contributed by atoms with Gasteiger partial charge in [-0.05, 0) is 78.4 Å². The third-order valence-electron chi connectivity index (χ3n) is 8.99. The minimum Gasteiger partial charge on any atom is -0.308 e. The SMILES string of the molecule is N#Cc1cccc(-c2c(-n3c4ccccc4c4cc(C(F)(F)F)ccc43)cc(C#N)cc2-n2c3ccccc3c3cc(C(F)(F)F)ccc32)c1. The molecule has 6 aromatic carbocycles. The van der Waals surface area contributed by atoms with Crippen molar-refractivity contribution in [1.82, 2.24) is 9.13 Å². The van der Waals surface area contributed by atoms with Gasteiger partial charge in [0.2, 0.25) is 0 Å². The summed E-state index contributed by atoms with van der Waals surface area (Å²) in [5.74, 6) is 0. The van der Waals surface area contributed by atoms with Crippen molar-refractivity contribution >= 4 is 43.6 Å². The van der Waals surface area contributed by atoms with Crippen molar-refractivity contribution in [1.29, 1.82) is 10.5 Å². The lowest BCUT2D eigenvalue weighted by molar-refractivity contribution is -0.138. The second-order valence-corrected chi connectivity index (χ2v) is 11.9. The molecule has 0 radical (unpaired) electrons. The first-order chi connectivity index (χ1) is 24.0. The Balaban J connectivity index is 1.57. The van der Waals surface area contributed by atoms with Gasteiger partial charge in [-0.15, -0.1) is 0 Å². The molecule has 0 atom stereocenters. The number of nitriles is 2. The average molecular weight is 671 g/mol. The van der Waals surface area contributed by atoms with Gasteiger partial charge in [0.25, 0.3) is 0 Å². The minimum absolute atomic E-state index is 0.200. The van der Waals surface area contributed by atoms with Gasteiger partial charge in [-0.2, -0.15) is 36.9 Å². The zero-order valence-corrected chi connectivity index (χ0v) is 25.6. The highest BCUT2D eigenvalue weighted by Gasteiger charge is 2.33. The Morgan fingerprint density at radius 2 is 0.900 bits per heavy atom. The lowest BCUT2D eigenvalue weighted by atomic mass is 9.96. The van der Waals surface area contributed by atoms with E-state index >= 15 is 0 Å². The molecule has 0 aliphatic heterocycles. The molecule has 0 bridgehead atoms. The first-order valence-electron chi connectivity index (χ1n) is 15.3. The number of hydrogen-bond acceptors (Lipinski definition) is 2. The van der Waals surface area contributed by atoms with Crippen LogP contribution in [0.15, 0.2) is 121 Å². The molecule has 0 fully saturated rings. The maximum Gasteiger partial charge on any atom is 0.416 e. The minimum atomic E-state index is -4.59. The Labute approximate surface area is 279 Å². The molecular formula is C40H20F6N4. The highest BCUT2D eigenvalue weighted by atomic mass is 19.4. The van der Waals surface area contributed by atoms with E-state index in [-0.39, 0.29) is 5.56 Å². The van der Waals surface area contributed by atoms with Gasteiger partial charge >= 0.3 is 12.4 Å². The molecule has 0 saturated carbocycles. The summed E-state index contributed by atoms with van der Waals surface area (Å²) in [6.07, 6.45) is -9.17. The Morgan fingerprint density at radius 3 is 1.36 bits per heavy atom. The molecule has 0 amide bonds. The van der Waals surface area contributed by atoms with Crippen LogP contribution in [-0.4, -0.2) is 9.13 Å². The van der Waals surface area contributed by atoms with Crippen molar-refractivity contribution in [3.63, 3.8) is 0 Å². The van der Waals surface area contributed by atoms with Gasteiger partial charge < -0.3 is 9.13 Å². The first kappa shape index (κ1) is 30.8. The van der Waals surface area contributed by atoms with Crippen LogP contribution in [-0.2, 0) is 12.4 Å². The lowest BCUT2D eigenvalue weighted by Crippen LogP contribution is -2.06. The molecule has 8 rings (SSSR count). The zero-order chi connectivity index (χ0) is 34.9. The number of nitrogens with zero attached hydrogens (tertiary/aromatic N) is 4. The number of aromatic nitrogens is 2. The monoisotopic (exact) mass is 670 g/mol. The van der Waals surface area contributed by atoms with E-state index in [0.717, 1.165) is 24.3 Å². The fraction of sp³-hybridized carbons (Fsp3) is 0.0500. The normalized spacial score (nSPS) is 12.2. The highest BCUT2D eigenvalue weighted by molar-refractivity contribution is 6.12. The Kier molecular flexibility index (Phi) is 6.78. The molecule has 0 unspecified atom stereocenters. The summed E-state index contributed by atoms with van der Waals surface area (Å²) >= 11 is 0. The van der Waals surface area contributed by atoms with E-state index in [9.17, 15) is 36.9 Å². The number of fused-ring (bicyclic) bond motifs is 6. The number of rotatable bonds is 3. The van der Waals surface area contributed by atoms with E-state index in [4.69, 9.17) is 0 Å². The molecule has 50 heavy (non-hydrogen) atoms. The molecule has 0 spiro atoms. The van der Waals surface area contributed by atoms with Gasteiger partial charge in [-0.1, -0.05) is 48.5 Å². The molecule has 2 aromatic heterocycles. The number of para-hydroxylation sites is 2. The molecule has 0 aliphatic carbocycles. The maximum atomic E-state index is 13.9. The first-order valence-corrected chi connectivity index (χ1v) is 15.3. The van der Waals surface area contributed by atoms with Crippen molar-refractivity contribution in [2.45, 2.75) is 12.4 Å². The van der Waals surface area contributed by atoms with E-state index in [1.807, 2.05) is 0 Å². The van der Waals surface area contributed by atoms with Gasteiger partial charge in [0.05, 0.1) is 67.8 Å². The Bertz CT molecular complexity index is 2620. The van der Waals surface area contributed by atoms with Gasteiger partial charge in [0.15, 0.2) is 0 Å². The number of halogens is 6. The Morgan fingerprint density at radius 1 is 0.440 bits per heavy atom. The fourth-order valence-corrected chi connectivity index (χ4v) is 6.89. The standard InChI is InChI=1S/C40H20F6N4/c41-39(42,43)26-12-14-34-30(19-26)28-8-1-3-10-32(28)49(34)36-17-24(22-48)18-37(38(36)25-7-5-6-23(16-25)21-47)50-33-11-4-2-9-29(33)31-20-27(40(44,45)46)13-15-35(31)50/h1-20H. The van der Waals surface area contributed by atoms with Crippen LogP contribution in [0.3, 0.4) is 0 Å². The zero-order valence-electron chi connectivity index (χ0n) is 25.6. The summed E-state index contributed by atoms with van der Waals surface area (Å²) in [6, 6.07) is 35.4. The predicted molar refractivity (Wildman–Crippen MR) is 180 cm³/mol. The van der Waals surface area contributed by atoms with Crippen LogP contribution in [0.25, 0.3) is 66.1 Å². The molecule has 0 aliphatic rings. The summed E-state index contributed by atoms with van der Waals surface area (Å²) in [5.41, 5.74) is 2.83. The number of alkyl halides is 6. The van der Waals surface area contributed by atoms with E-state index < -0.39 is 23.5 Å². The largest absolute Gasteiger partial charge is 0.416 e. The van der Waals surface area contributed by atoms with E-state index in [1.165, 1.54) is 12.1 Å². The molecule has 0 saturated heterocycles. The van der Waals surface area contributed by atoms with Crippen molar-refractivity contribution in [2.75, 3.05) is 0 Å². The van der Waals surface area contributed by atoms with Gasteiger partial charge in [0.1, 0.15) is 0 Å². The topological polar surface area (TPSA) is 57.4 Å². The van der Waals surface area contributed by atoms with E-state index in [1.54, 1.807) is 94.1 Å². The molecule has 242 valence electrons. The molecule has 8 aromatic rings. The fourth-order valence-electron chi connectivity index (χ4n) is 6.89. The molecule has 2 heterocycles. The van der Waals surface area contributed by atoms with Crippen LogP contribution in [0, 0.1) is 22.7 Å². The summed E-state index contributed by atoms with van der Waals surface area (Å²) < 4.78 is 87.1. The molecular weight excluding hydrogens is 650 g/mol. The third kappa shape index (κ3) is 4.76. The second kappa shape index (κ2) is 11.0. The summed E-state index contributed by atoms with van der Waals surface area (Å²) in [4.78, 5) is 0. The molecule has 4 nitrogen and oxygen atoms in total. The summed E-state index contributed by atoms with van der Waals surface area (Å²) in [7, 11) is 0. The van der Waals surface area contributed by atoms with E-state index in [0.29, 0.717) is 71.7 Å². The van der Waals surface area contributed by atoms with Crippen molar-refractivity contribution in [3.8, 4) is 34.6 Å². The summed E-state index contributed by atoms with van der Waals surface area (Å²) in [5, 5.41) is 22.0. The predicted octanol–water partition coefficient (Wildman–Crippen LogP) is 11.3. The third-order valence-corrected chi connectivity index (χ3v) is 8.99. The van der Waals surface area contributed by atoms with Crippen molar-refractivity contribution < 1.29 is 26.3 Å². The van der Waals surface area contributed by atoms with Crippen LogP contribution < -0.4 is 0 Å². The average Bonchev–Trinajstić information content (AvgIpc) is 3.62. The van der Waals surface area contributed by atoms with Crippen LogP contribution in [0.4, 0.5) is 26.3 Å². The van der Waals surface area contributed by atoms with Gasteiger partial charge in [0, 0.05) is 27.1 Å². The van der Waals surface area contributed by atoms with Gasteiger partial charge in [-0.3, -0.25) is 0 Å². The number of benzene rings is 6. The molecule has 0 N–H and O–H groups in total. The highest BCUT2D eigenvalue weighted by Crippen LogP contribution is 2.44. The van der Waals surface area contributed by atoms with Crippen molar-refractivity contribution in [2.24, 2.45) is 0 Å². The van der Waals surface area contributed by atoms with Crippen LogP contribution in [0.1, 0.15) is 22.3 Å². The number of hydrogen-bond donors (Lipinski definition) is 0. The van der Waals surface area contributed by atoms with Crippen LogP contribution in [0.2, 0.25) is 0 Å². The van der Waals surface area contributed by atoms with Gasteiger partial charge in [-0.25, -0.2) is 0 Å². The van der Waals surface area contributed by atoms with Crippen LogP contribution in [0.5, 0.6) is 0 Å². The van der Waals surface area contributed by atoms with Crippen LogP contribution >= 0.6 is 0 Å². The Hall–Kier alpha value is -6.52. The lowest BCUT2D eigenvalue weighted by Gasteiger charge is -2.21. The molecule has 10 heteroatoms. The quantitative estimate of drug-likeness (QED) is 0.176. The van der Waals surface area contributed by atoms with Crippen molar-refractivity contribution in [3.05, 3.63) is 144 Å². The maximum absolute atomic E-state index is 13.9. The second-order valence-electron chi connectivity index (χ2n) is 11.9.